The van der Waals surface area contributed by atoms with Crippen LogP contribution in [0.3, 0.4) is 0 Å². The molecule has 0 aromatic carbocycles. The van der Waals surface area contributed by atoms with Crippen LogP contribution in [0.25, 0.3) is 0 Å². The Kier molecular flexibility index (Phi) is 3.84. The van der Waals surface area contributed by atoms with Gasteiger partial charge in [-0.2, -0.15) is 0 Å². The molecule has 4 aliphatic carbocycles. The Balaban J connectivity index is 1.70. The van der Waals surface area contributed by atoms with Crippen molar-refractivity contribution in [1.82, 2.24) is 0 Å². The lowest BCUT2D eigenvalue weighted by Crippen LogP contribution is -2.50. The Labute approximate surface area is 165 Å². The lowest BCUT2D eigenvalue weighted by Gasteiger charge is -2.53. The number of fused-ring (bicyclic) bond motifs is 4. The van der Waals surface area contributed by atoms with Gasteiger partial charge in [-0.3, -0.25) is 4.79 Å². The molecule has 1 unspecified atom stereocenters. The topological polar surface area (TPSA) is 37.3 Å². The molecule has 140 valence electrons. The second kappa shape index (κ2) is 5.93. The quantitative estimate of drug-likeness (QED) is 0.697. The summed E-state index contributed by atoms with van der Waals surface area (Å²) in [5.74, 6) is 4.32. The summed E-state index contributed by atoms with van der Waals surface area (Å²) in [5.41, 5.74) is 3.08. The zero-order chi connectivity index (χ0) is 18.8. The minimum atomic E-state index is -0.998. The van der Waals surface area contributed by atoms with Gasteiger partial charge in [0.05, 0.1) is 0 Å². The molecule has 27 heavy (non-hydrogen) atoms. The highest BCUT2D eigenvalue weighted by atomic mass is 32.1. The predicted molar refractivity (Wildman–Crippen MR) is 108 cm³/mol. The van der Waals surface area contributed by atoms with E-state index >= 15 is 0 Å². The highest BCUT2D eigenvalue weighted by Gasteiger charge is 2.62. The van der Waals surface area contributed by atoms with Gasteiger partial charge in [0.1, 0.15) is 5.60 Å². The van der Waals surface area contributed by atoms with E-state index in [1.165, 1.54) is 16.0 Å². The molecule has 0 saturated heterocycles. The first-order valence-electron chi connectivity index (χ1n) is 10.2. The van der Waals surface area contributed by atoms with Crippen molar-refractivity contribution in [3.63, 3.8) is 0 Å². The summed E-state index contributed by atoms with van der Waals surface area (Å²) in [6, 6.07) is 4.36. The van der Waals surface area contributed by atoms with Gasteiger partial charge in [-0.1, -0.05) is 24.5 Å². The van der Waals surface area contributed by atoms with Crippen molar-refractivity contribution in [2.75, 3.05) is 0 Å². The van der Waals surface area contributed by atoms with Gasteiger partial charge in [-0.05, 0) is 79.0 Å². The second-order valence-electron chi connectivity index (χ2n) is 9.05. The number of aliphatic hydroxyl groups is 1. The summed E-state index contributed by atoms with van der Waals surface area (Å²) in [7, 11) is 0. The third-order valence-corrected chi connectivity index (χ3v) is 9.00. The molecule has 2 saturated carbocycles. The highest BCUT2D eigenvalue weighted by molar-refractivity contribution is 7.10. The fourth-order valence-electron chi connectivity index (χ4n) is 6.65. The third-order valence-electron chi connectivity index (χ3n) is 8.01. The molecule has 1 N–H and O–H groups in total. The van der Waals surface area contributed by atoms with Crippen molar-refractivity contribution in [1.29, 1.82) is 0 Å². The van der Waals surface area contributed by atoms with E-state index in [1.807, 2.05) is 17.4 Å². The third kappa shape index (κ3) is 2.33. The molecule has 0 spiro atoms. The van der Waals surface area contributed by atoms with Crippen LogP contribution in [-0.4, -0.2) is 16.5 Å². The Morgan fingerprint density at radius 3 is 2.89 bits per heavy atom. The maximum Gasteiger partial charge on any atom is 0.156 e. The van der Waals surface area contributed by atoms with E-state index in [0.29, 0.717) is 30.6 Å². The monoisotopic (exact) mass is 378 g/mol. The van der Waals surface area contributed by atoms with Crippen LogP contribution < -0.4 is 0 Å². The molecule has 0 radical (unpaired) electrons. The number of rotatable bonds is 1. The Morgan fingerprint density at radius 2 is 2.15 bits per heavy atom. The van der Waals surface area contributed by atoms with Crippen LogP contribution in [0.4, 0.5) is 0 Å². The second-order valence-corrected chi connectivity index (χ2v) is 10.0. The first kappa shape index (κ1) is 17.5. The summed E-state index contributed by atoms with van der Waals surface area (Å²) in [6.45, 7) is 2.24. The molecule has 2 nitrogen and oxygen atoms in total. The van der Waals surface area contributed by atoms with Gasteiger partial charge in [-0.15, -0.1) is 17.8 Å². The zero-order valence-electron chi connectivity index (χ0n) is 15.8. The summed E-state index contributed by atoms with van der Waals surface area (Å²) in [4.78, 5) is 13.4. The Morgan fingerprint density at radius 1 is 1.30 bits per heavy atom. The fraction of sp³-hybridized carbons (Fsp3) is 0.542. The van der Waals surface area contributed by atoms with Gasteiger partial charge in [0.2, 0.25) is 0 Å². The molecule has 1 heterocycles. The number of carbonyl (C=O) groups excluding carboxylic acids is 1. The number of ketones is 1. The molecule has 1 aromatic rings. The predicted octanol–water partition coefficient (Wildman–Crippen LogP) is 5.01. The van der Waals surface area contributed by atoms with Crippen LogP contribution in [0.2, 0.25) is 0 Å². The smallest absolute Gasteiger partial charge is 0.156 e. The van der Waals surface area contributed by atoms with Gasteiger partial charge in [-0.25, -0.2) is 0 Å². The number of allylic oxidation sites excluding steroid dienone is 4. The van der Waals surface area contributed by atoms with Crippen LogP contribution in [0.1, 0.15) is 62.7 Å². The standard InChI is InChI=1S/C24H26O2S/c1-3-24(26)11-10-20-18-8-6-15-13-16(25)7-9-17(15)22(18)19(14-23(20,24)2)21-5-4-12-27-21/h1,4-5,12-13,18-20,26H,6-11,14H2,2H3/t18-,19?,20-,23-,24+/m0/s1. The number of carbonyl (C=O) groups is 1. The van der Waals surface area contributed by atoms with Gasteiger partial charge in [0, 0.05) is 22.6 Å². The molecule has 0 aliphatic heterocycles. The van der Waals surface area contributed by atoms with Gasteiger partial charge in [0.25, 0.3) is 0 Å². The molecule has 0 bridgehead atoms. The Bertz CT molecular complexity index is 899. The van der Waals surface area contributed by atoms with Crippen molar-refractivity contribution in [2.45, 2.75) is 63.4 Å². The SMILES string of the molecule is C#C[C@@]1(O)CC[C@H]2[C@@H]3CCC4=CC(=O)CCC4=C3C(c3cccs3)C[C@@]21C. The highest BCUT2D eigenvalue weighted by Crippen LogP contribution is 2.66. The number of hydrogen-bond acceptors (Lipinski definition) is 3. The first-order valence-corrected chi connectivity index (χ1v) is 11.0. The molecule has 3 heteroatoms. The molecule has 5 atom stereocenters. The molecule has 2 fully saturated rings. The van der Waals surface area contributed by atoms with E-state index in [1.54, 1.807) is 5.57 Å². The van der Waals surface area contributed by atoms with Crippen LogP contribution in [0.15, 0.2) is 40.3 Å². The average molecular weight is 379 g/mol. The van der Waals surface area contributed by atoms with Gasteiger partial charge in [0.15, 0.2) is 5.78 Å². The van der Waals surface area contributed by atoms with E-state index in [4.69, 9.17) is 6.42 Å². The average Bonchev–Trinajstić information content (AvgIpc) is 3.28. The minimum Gasteiger partial charge on any atom is -0.377 e. The number of terminal acetylenes is 1. The lowest BCUT2D eigenvalue weighted by atomic mass is 9.52. The van der Waals surface area contributed by atoms with Crippen LogP contribution >= 0.6 is 11.3 Å². The number of hydrogen-bond donors (Lipinski definition) is 1. The van der Waals surface area contributed by atoms with Crippen LogP contribution in [0.5, 0.6) is 0 Å². The van der Waals surface area contributed by atoms with E-state index in [2.05, 4.69) is 30.4 Å². The molecular formula is C24H26O2S. The maximum atomic E-state index is 12.0. The summed E-state index contributed by atoms with van der Waals surface area (Å²) in [5, 5.41) is 13.5. The van der Waals surface area contributed by atoms with Gasteiger partial charge >= 0.3 is 0 Å². The Hall–Kier alpha value is -1.63. The van der Waals surface area contributed by atoms with Crippen molar-refractivity contribution >= 4 is 17.1 Å². The summed E-state index contributed by atoms with van der Waals surface area (Å²) < 4.78 is 0. The molecule has 1 aromatic heterocycles. The minimum absolute atomic E-state index is 0.239. The molecule has 0 amide bonds. The van der Waals surface area contributed by atoms with Crippen molar-refractivity contribution < 1.29 is 9.90 Å². The zero-order valence-corrected chi connectivity index (χ0v) is 16.6. The van der Waals surface area contributed by atoms with Crippen LogP contribution in [-0.2, 0) is 4.79 Å². The lowest BCUT2D eigenvalue weighted by molar-refractivity contribution is -0.114. The fourth-order valence-corrected chi connectivity index (χ4v) is 7.49. The molecule has 4 aliphatic rings. The number of thiophene rings is 1. The van der Waals surface area contributed by atoms with Crippen LogP contribution in [0, 0.1) is 29.6 Å². The van der Waals surface area contributed by atoms with Crippen molar-refractivity contribution in [3.05, 3.63) is 45.2 Å². The molecule has 5 rings (SSSR count). The van der Waals surface area contributed by atoms with Gasteiger partial charge < -0.3 is 5.11 Å². The summed E-state index contributed by atoms with van der Waals surface area (Å²) >= 11 is 1.81. The van der Waals surface area contributed by atoms with Crippen molar-refractivity contribution in [3.8, 4) is 12.3 Å². The maximum absolute atomic E-state index is 12.0. The van der Waals surface area contributed by atoms with E-state index < -0.39 is 5.60 Å². The van der Waals surface area contributed by atoms with E-state index in [9.17, 15) is 9.90 Å². The first-order chi connectivity index (χ1) is 13.0. The largest absolute Gasteiger partial charge is 0.377 e. The van der Waals surface area contributed by atoms with E-state index in [-0.39, 0.29) is 11.2 Å². The normalized spacial score (nSPS) is 40.7. The van der Waals surface area contributed by atoms with Crippen molar-refractivity contribution in [2.24, 2.45) is 17.3 Å². The van der Waals surface area contributed by atoms with E-state index in [0.717, 1.165) is 32.1 Å². The summed E-state index contributed by atoms with van der Waals surface area (Å²) in [6.07, 6.45) is 14.0. The molecular weight excluding hydrogens is 352 g/mol.